The third-order valence-corrected chi connectivity index (χ3v) is 6.85. The summed E-state index contributed by atoms with van der Waals surface area (Å²) < 4.78 is 0. The zero-order chi connectivity index (χ0) is 21.3. The molecule has 0 radical (unpaired) electrons. The van der Waals surface area contributed by atoms with Crippen molar-refractivity contribution in [3.63, 3.8) is 0 Å². The van der Waals surface area contributed by atoms with Crippen molar-refractivity contribution in [2.45, 2.75) is 47.0 Å². The van der Waals surface area contributed by atoms with Gasteiger partial charge in [-0.3, -0.25) is 19.3 Å². The lowest BCUT2D eigenvalue weighted by Crippen LogP contribution is -2.52. The molecule has 3 N–H and O–H groups in total. The van der Waals surface area contributed by atoms with Gasteiger partial charge in [-0.05, 0) is 30.7 Å². The highest BCUT2D eigenvalue weighted by molar-refractivity contribution is 7.17. The van der Waals surface area contributed by atoms with Crippen LogP contribution in [0.1, 0.15) is 54.9 Å². The molecule has 1 aromatic rings. The van der Waals surface area contributed by atoms with Crippen molar-refractivity contribution in [1.82, 2.24) is 9.80 Å². The summed E-state index contributed by atoms with van der Waals surface area (Å²) in [6.07, 6.45) is 2.81. The Kier molecular flexibility index (Phi) is 6.33. The van der Waals surface area contributed by atoms with Gasteiger partial charge in [0.1, 0.15) is 5.00 Å². The molecule has 1 fully saturated rings. The number of primary amides is 1. The normalized spacial score (nSPS) is 20.3. The molecule has 0 saturated carbocycles. The predicted octanol–water partition coefficient (Wildman–Crippen LogP) is 2.10. The summed E-state index contributed by atoms with van der Waals surface area (Å²) in [5.41, 5.74) is 6.75. The van der Waals surface area contributed by atoms with Crippen LogP contribution in [-0.4, -0.2) is 60.2 Å². The Balaban J connectivity index is 1.60. The van der Waals surface area contributed by atoms with Crippen molar-refractivity contribution >= 4 is 34.1 Å². The number of nitrogens with zero attached hydrogens (tertiary/aromatic N) is 2. The molecular weight excluding hydrogens is 388 g/mol. The van der Waals surface area contributed by atoms with E-state index in [0.717, 1.165) is 24.8 Å². The largest absolute Gasteiger partial charge is 0.365 e. The van der Waals surface area contributed by atoms with Crippen LogP contribution >= 0.6 is 11.3 Å². The molecule has 3 rings (SSSR count). The molecule has 2 heterocycles. The summed E-state index contributed by atoms with van der Waals surface area (Å²) in [7, 11) is 0. The van der Waals surface area contributed by atoms with Crippen LogP contribution in [0.2, 0.25) is 0 Å². The fraction of sp³-hybridized carbons (Fsp3) is 0.667. The van der Waals surface area contributed by atoms with Crippen molar-refractivity contribution in [2.75, 3.05) is 38.0 Å². The zero-order valence-electron chi connectivity index (χ0n) is 17.8. The predicted molar refractivity (Wildman–Crippen MR) is 115 cm³/mol. The molecule has 1 aliphatic heterocycles. The van der Waals surface area contributed by atoms with Crippen molar-refractivity contribution in [1.29, 1.82) is 0 Å². The van der Waals surface area contributed by atoms with Crippen LogP contribution in [0.3, 0.4) is 0 Å². The van der Waals surface area contributed by atoms with E-state index in [1.54, 1.807) is 0 Å². The minimum Gasteiger partial charge on any atom is -0.365 e. The van der Waals surface area contributed by atoms with Gasteiger partial charge in [0.05, 0.1) is 12.1 Å². The number of nitrogens with one attached hydrogen (secondary N) is 1. The molecule has 7 nitrogen and oxygen atoms in total. The van der Waals surface area contributed by atoms with Gasteiger partial charge in [-0.15, -0.1) is 11.3 Å². The standard InChI is InChI=1S/C21H32N4O3S/c1-13-5-6-14-15(11-13)29-19(17(14)18(22)27)23-16(26)12-24-7-9-25(10-8-24)20(28)21(2,3)4/h13H,5-12H2,1-4H3,(H2,22,27)(H,23,26)/t13-/m0/s1. The molecule has 3 amide bonds. The molecule has 1 saturated heterocycles. The van der Waals surface area contributed by atoms with Crippen molar-refractivity contribution < 1.29 is 14.4 Å². The van der Waals surface area contributed by atoms with E-state index >= 15 is 0 Å². The SMILES string of the molecule is C[C@H]1CCc2c(sc(NC(=O)CN3CCN(C(=O)C(C)(C)C)CC3)c2C(N)=O)C1. The minimum atomic E-state index is -0.471. The second-order valence-electron chi connectivity index (χ2n) is 9.29. The molecule has 1 aliphatic carbocycles. The number of rotatable bonds is 4. The van der Waals surface area contributed by atoms with Gasteiger partial charge in [-0.1, -0.05) is 27.7 Å². The number of anilines is 1. The maximum Gasteiger partial charge on any atom is 0.251 e. The fourth-order valence-corrected chi connectivity index (χ4v) is 5.48. The summed E-state index contributed by atoms with van der Waals surface area (Å²) >= 11 is 1.49. The van der Waals surface area contributed by atoms with Crippen LogP contribution in [0.25, 0.3) is 0 Å². The summed E-state index contributed by atoms with van der Waals surface area (Å²) in [5, 5.41) is 3.51. The Labute approximate surface area is 176 Å². The van der Waals surface area contributed by atoms with Crippen molar-refractivity contribution in [2.24, 2.45) is 17.1 Å². The van der Waals surface area contributed by atoms with Gasteiger partial charge in [0.15, 0.2) is 0 Å². The van der Waals surface area contributed by atoms with Gasteiger partial charge in [0, 0.05) is 36.5 Å². The number of fused-ring (bicyclic) bond motifs is 1. The number of amides is 3. The fourth-order valence-electron chi connectivity index (χ4n) is 4.05. The van der Waals surface area contributed by atoms with Crippen molar-refractivity contribution in [3.8, 4) is 0 Å². The number of nitrogens with two attached hydrogens (primary N) is 1. The van der Waals surface area contributed by atoms with Gasteiger partial charge in [-0.2, -0.15) is 0 Å². The highest BCUT2D eigenvalue weighted by atomic mass is 32.1. The number of carbonyl (C=O) groups is 3. The van der Waals surface area contributed by atoms with Crippen LogP contribution < -0.4 is 11.1 Å². The molecule has 0 bridgehead atoms. The van der Waals surface area contributed by atoms with Crippen LogP contribution in [0.15, 0.2) is 0 Å². The molecule has 0 unspecified atom stereocenters. The topological polar surface area (TPSA) is 95.7 Å². The zero-order valence-corrected chi connectivity index (χ0v) is 18.7. The second kappa shape index (κ2) is 8.44. The maximum absolute atomic E-state index is 12.6. The Morgan fingerprint density at radius 3 is 2.41 bits per heavy atom. The monoisotopic (exact) mass is 420 g/mol. The Morgan fingerprint density at radius 2 is 1.83 bits per heavy atom. The maximum atomic E-state index is 12.6. The first-order valence-electron chi connectivity index (χ1n) is 10.3. The van der Waals surface area contributed by atoms with E-state index in [1.165, 1.54) is 16.2 Å². The summed E-state index contributed by atoms with van der Waals surface area (Å²) in [4.78, 5) is 42.1. The van der Waals surface area contributed by atoms with Gasteiger partial charge in [-0.25, -0.2) is 0 Å². The summed E-state index contributed by atoms with van der Waals surface area (Å²) in [5.74, 6) is 0.111. The molecule has 8 heteroatoms. The van der Waals surface area contributed by atoms with E-state index in [2.05, 4.69) is 12.2 Å². The lowest BCUT2D eigenvalue weighted by atomic mass is 9.88. The summed E-state index contributed by atoms with van der Waals surface area (Å²) in [6.45, 7) is 10.8. The van der Waals surface area contributed by atoms with Crippen LogP contribution in [0, 0.1) is 11.3 Å². The first kappa shape index (κ1) is 21.8. The van der Waals surface area contributed by atoms with Crippen molar-refractivity contribution in [3.05, 3.63) is 16.0 Å². The first-order valence-corrected chi connectivity index (χ1v) is 11.1. The third kappa shape index (κ3) is 4.98. The van der Waals surface area contributed by atoms with E-state index in [9.17, 15) is 14.4 Å². The van der Waals surface area contributed by atoms with Crippen LogP contribution in [0.4, 0.5) is 5.00 Å². The number of piperazine rings is 1. The number of hydrogen-bond acceptors (Lipinski definition) is 5. The Hall–Kier alpha value is -1.93. The van der Waals surface area contributed by atoms with Gasteiger partial charge in [0.2, 0.25) is 11.8 Å². The Morgan fingerprint density at radius 1 is 1.17 bits per heavy atom. The Bertz CT molecular complexity index is 804. The smallest absolute Gasteiger partial charge is 0.251 e. The number of hydrogen-bond donors (Lipinski definition) is 2. The van der Waals surface area contributed by atoms with E-state index in [-0.39, 0.29) is 23.8 Å². The lowest BCUT2D eigenvalue weighted by molar-refractivity contribution is -0.141. The highest BCUT2D eigenvalue weighted by Crippen LogP contribution is 2.39. The molecule has 160 valence electrons. The van der Waals surface area contributed by atoms with Crippen LogP contribution in [0.5, 0.6) is 0 Å². The summed E-state index contributed by atoms with van der Waals surface area (Å²) in [6, 6.07) is 0. The first-order chi connectivity index (χ1) is 13.6. The minimum absolute atomic E-state index is 0.144. The van der Waals surface area contributed by atoms with Gasteiger partial charge >= 0.3 is 0 Å². The molecule has 1 aromatic heterocycles. The second-order valence-corrected chi connectivity index (χ2v) is 10.4. The number of carbonyl (C=O) groups excluding carboxylic acids is 3. The quantitative estimate of drug-likeness (QED) is 0.780. The molecular formula is C21H32N4O3S. The van der Waals surface area contributed by atoms with E-state index in [4.69, 9.17) is 5.73 Å². The van der Waals surface area contributed by atoms with Gasteiger partial charge in [0.25, 0.3) is 5.91 Å². The van der Waals surface area contributed by atoms with E-state index in [0.29, 0.717) is 42.7 Å². The van der Waals surface area contributed by atoms with Gasteiger partial charge < -0.3 is 16.0 Å². The van der Waals surface area contributed by atoms with E-state index < -0.39 is 5.91 Å². The molecule has 0 spiro atoms. The lowest BCUT2D eigenvalue weighted by Gasteiger charge is -2.37. The average molecular weight is 421 g/mol. The third-order valence-electron chi connectivity index (χ3n) is 5.68. The van der Waals surface area contributed by atoms with Crippen LogP contribution in [-0.2, 0) is 22.4 Å². The molecule has 0 aromatic carbocycles. The molecule has 2 aliphatic rings. The number of thiophene rings is 1. The van der Waals surface area contributed by atoms with E-state index in [1.807, 2.05) is 30.6 Å². The molecule has 29 heavy (non-hydrogen) atoms. The highest BCUT2D eigenvalue weighted by Gasteiger charge is 2.31. The average Bonchev–Trinajstić information content (AvgIpc) is 2.97. The molecule has 1 atom stereocenters.